The number of aromatic nitrogens is 1. The van der Waals surface area contributed by atoms with Crippen LogP contribution in [0.4, 0.5) is 0 Å². The molecule has 1 aromatic carbocycles. The number of pyridine rings is 1. The fourth-order valence-electron chi connectivity index (χ4n) is 3.19. The maximum absolute atomic E-state index is 13.1. The van der Waals surface area contributed by atoms with Gasteiger partial charge in [-0.05, 0) is 42.7 Å². The van der Waals surface area contributed by atoms with Crippen LogP contribution in [0.2, 0.25) is 5.02 Å². The minimum Gasteiger partial charge on any atom is -0.382 e. The molecule has 4 nitrogen and oxygen atoms in total. The van der Waals surface area contributed by atoms with E-state index in [0.29, 0.717) is 11.6 Å². The van der Waals surface area contributed by atoms with E-state index in [0.717, 1.165) is 30.5 Å². The topological polar surface area (TPSA) is 51.2 Å². The van der Waals surface area contributed by atoms with Crippen LogP contribution in [0.15, 0.2) is 48.7 Å². The molecule has 0 spiro atoms. The SMILES string of the molecule is COC[C@@H](NC(=O)C1(c2ccc(Cl)cc2)CCC1)c1ccccn1. The Morgan fingerprint density at radius 2 is 2.04 bits per heavy atom. The molecule has 1 saturated carbocycles. The van der Waals surface area contributed by atoms with Gasteiger partial charge in [0.25, 0.3) is 0 Å². The third-order valence-corrected chi connectivity index (χ3v) is 4.97. The molecule has 0 unspecified atom stereocenters. The van der Waals surface area contributed by atoms with E-state index in [-0.39, 0.29) is 11.9 Å². The molecular weight excluding hydrogens is 324 g/mol. The normalized spacial score (nSPS) is 16.9. The van der Waals surface area contributed by atoms with Gasteiger partial charge in [-0.15, -0.1) is 0 Å². The van der Waals surface area contributed by atoms with Crippen molar-refractivity contribution in [2.75, 3.05) is 13.7 Å². The van der Waals surface area contributed by atoms with Gasteiger partial charge in [0.05, 0.1) is 23.8 Å². The lowest BCUT2D eigenvalue weighted by molar-refractivity contribution is -0.131. The van der Waals surface area contributed by atoms with Crippen LogP contribution in [0.1, 0.15) is 36.6 Å². The average molecular weight is 345 g/mol. The summed E-state index contributed by atoms with van der Waals surface area (Å²) >= 11 is 5.98. The predicted octanol–water partition coefficient (Wildman–Crippen LogP) is 3.66. The van der Waals surface area contributed by atoms with Crippen molar-refractivity contribution in [2.45, 2.75) is 30.7 Å². The monoisotopic (exact) mass is 344 g/mol. The fraction of sp³-hybridized carbons (Fsp3) is 0.368. The van der Waals surface area contributed by atoms with Gasteiger partial charge in [0.1, 0.15) is 0 Å². The van der Waals surface area contributed by atoms with Crippen molar-refractivity contribution in [2.24, 2.45) is 0 Å². The minimum atomic E-state index is -0.467. The van der Waals surface area contributed by atoms with Gasteiger partial charge < -0.3 is 10.1 Å². The lowest BCUT2D eigenvalue weighted by Gasteiger charge is -2.41. The van der Waals surface area contributed by atoms with Gasteiger partial charge in [0.2, 0.25) is 5.91 Å². The molecule has 3 rings (SSSR count). The van der Waals surface area contributed by atoms with Crippen LogP contribution < -0.4 is 5.32 Å². The van der Waals surface area contributed by atoms with Crippen LogP contribution in [0.3, 0.4) is 0 Å². The van der Waals surface area contributed by atoms with Crippen LogP contribution in [-0.4, -0.2) is 24.6 Å². The molecule has 1 fully saturated rings. The number of nitrogens with one attached hydrogen (secondary N) is 1. The van der Waals surface area contributed by atoms with Gasteiger partial charge in [0, 0.05) is 18.3 Å². The first-order valence-electron chi connectivity index (χ1n) is 8.12. The third kappa shape index (κ3) is 3.30. The Bertz CT molecular complexity index is 684. The van der Waals surface area contributed by atoms with Gasteiger partial charge in [0.15, 0.2) is 0 Å². The maximum atomic E-state index is 13.1. The molecule has 0 saturated heterocycles. The van der Waals surface area contributed by atoms with Crippen molar-refractivity contribution >= 4 is 17.5 Å². The summed E-state index contributed by atoms with van der Waals surface area (Å²) in [5.74, 6) is 0.0313. The molecular formula is C19H21ClN2O2. The van der Waals surface area contributed by atoms with Crippen LogP contribution in [-0.2, 0) is 14.9 Å². The van der Waals surface area contributed by atoms with Crippen molar-refractivity contribution in [3.05, 3.63) is 64.9 Å². The second kappa shape index (κ2) is 7.32. The quantitative estimate of drug-likeness (QED) is 0.870. The fourth-order valence-corrected chi connectivity index (χ4v) is 3.32. The highest BCUT2D eigenvalue weighted by atomic mass is 35.5. The number of halogens is 1. The summed E-state index contributed by atoms with van der Waals surface area (Å²) < 4.78 is 5.27. The van der Waals surface area contributed by atoms with Crippen LogP contribution in [0, 0.1) is 0 Å². The van der Waals surface area contributed by atoms with Crippen molar-refractivity contribution < 1.29 is 9.53 Å². The Labute approximate surface area is 147 Å². The molecule has 0 bridgehead atoms. The molecule has 24 heavy (non-hydrogen) atoms. The van der Waals surface area contributed by atoms with Crippen LogP contribution in [0.25, 0.3) is 0 Å². The molecule has 1 aliphatic rings. The summed E-state index contributed by atoms with van der Waals surface area (Å²) in [6.07, 6.45) is 4.47. The standard InChI is InChI=1S/C19H21ClN2O2/c1-24-13-17(16-5-2-3-12-21-16)22-18(23)19(10-4-11-19)14-6-8-15(20)9-7-14/h2-3,5-9,12,17H,4,10-11,13H2,1H3,(H,22,23)/t17-/m1/s1. The van der Waals surface area contributed by atoms with E-state index in [1.807, 2.05) is 42.5 Å². The zero-order valence-electron chi connectivity index (χ0n) is 13.7. The number of ether oxygens (including phenoxy) is 1. The Hall–Kier alpha value is -1.91. The number of hydrogen-bond acceptors (Lipinski definition) is 3. The van der Waals surface area contributed by atoms with Gasteiger partial charge in [-0.3, -0.25) is 9.78 Å². The van der Waals surface area contributed by atoms with Crippen molar-refractivity contribution in [1.82, 2.24) is 10.3 Å². The Morgan fingerprint density at radius 3 is 2.58 bits per heavy atom. The molecule has 1 N–H and O–H groups in total. The van der Waals surface area contributed by atoms with Crippen LogP contribution >= 0.6 is 11.6 Å². The van der Waals surface area contributed by atoms with Gasteiger partial charge in [-0.2, -0.15) is 0 Å². The molecule has 1 aliphatic carbocycles. The van der Waals surface area contributed by atoms with E-state index in [4.69, 9.17) is 16.3 Å². The maximum Gasteiger partial charge on any atom is 0.231 e. The van der Waals surface area contributed by atoms with E-state index >= 15 is 0 Å². The summed E-state index contributed by atoms with van der Waals surface area (Å²) in [5.41, 5.74) is 1.36. The number of carbonyl (C=O) groups excluding carboxylic acids is 1. The second-order valence-electron chi connectivity index (χ2n) is 6.18. The summed E-state index contributed by atoms with van der Waals surface area (Å²) in [5, 5.41) is 3.81. The highest BCUT2D eigenvalue weighted by Crippen LogP contribution is 2.44. The average Bonchev–Trinajstić information content (AvgIpc) is 2.56. The largest absolute Gasteiger partial charge is 0.382 e. The first-order chi connectivity index (χ1) is 11.7. The number of benzene rings is 1. The van der Waals surface area contributed by atoms with Gasteiger partial charge >= 0.3 is 0 Å². The molecule has 126 valence electrons. The lowest BCUT2D eigenvalue weighted by atomic mass is 9.63. The molecule has 1 amide bonds. The summed E-state index contributed by atoms with van der Waals surface area (Å²) in [7, 11) is 1.63. The summed E-state index contributed by atoms with van der Waals surface area (Å²) in [6.45, 7) is 0.388. The van der Waals surface area contributed by atoms with Crippen molar-refractivity contribution in [3.63, 3.8) is 0 Å². The van der Waals surface area contributed by atoms with E-state index in [9.17, 15) is 4.79 Å². The molecule has 1 heterocycles. The molecule has 0 aliphatic heterocycles. The number of hydrogen-bond donors (Lipinski definition) is 1. The number of nitrogens with zero attached hydrogens (tertiary/aromatic N) is 1. The highest BCUT2D eigenvalue weighted by molar-refractivity contribution is 6.30. The summed E-state index contributed by atoms with van der Waals surface area (Å²) in [6, 6.07) is 13.0. The Morgan fingerprint density at radius 1 is 1.29 bits per heavy atom. The summed E-state index contributed by atoms with van der Waals surface area (Å²) in [4.78, 5) is 17.4. The molecule has 1 aromatic heterocycles. The van der Waals surface area contributed by atoms with Gasteiger partial charge in [-0.25, -0.2) is 0 Å². The zero-order chi connectivity index (χ0) is 17.0. The van der Waals surface area contributed by atoms with E-state index in [1.165, 1.54) is 0 Å². The number of methoxy groups -OCH3 is 1. The molecule has 1 atom stereocenters. The lowest BCUT2D eigenvalue weighted by Crippen LogP contribution is -2.50. The molecule has 2 aromatic rings. The molecule has 0 radical (unpaired) electrons. The van der Waals surface area contributed by atoms with Crippen LogP contribution in [0.5, 0.6) is 0 Å². The zero-order valence-corrected chi connectivity index (χ0v) is 14.4. The smallest absolute Gasteiger partial charge is 0.231 e. The van der Waals surface area contributed by atoms with E-state index < -0.39 is 5.41 Å². The third-order valence-electron chi connectivity index (χ3n) is 4.72. The number of carbonyl (C=O) groups is 1. The first-order valence-corrected chi connectivity index (χ1v) is 8.50. The second-order valence-corrected chi connectivity index (χ2v) is 6.61. The Kier molecular flexibility index (Phi) is 5.17. The number of rotatable bonds is 6. The van der Waals surface area contributed by atoms with Crippen molar-refractivity contribution in [1.29, 1.82) is 0 Å². The number of amides is 1. The molecule has 5 heteroatoms. The predicted molar refractivity (Wildman–Crippen MR) is 94.0 cm³/mol. The van der Waals surface area contributed by atoms with E-state index in [1.54, 1.807) is 13.3 Å². The highest BCUT2D eigenvalue weighted by Gasteiger charge is 2.46. The Balaban J connectivity index is 1.82. The van der Waals surface area contributed by atoms with E-state index in [2.05, 4.69) is 10.3 Å². The van der Waals surface area contributed by atoms with Gasteiger partial charge in [-0.1, -0.05) is 36.2 Å². The first kappa shape index (κ1) is 16.9. The van der Waals surface area contributed by atoms with Crippen molar-refractivity contribution in [3.8, 4) is 0 Å². The minimum absolute atomic E-state index is 0.0313.